The van der Waals surface area contributed by atoms with Gasteiger partial charge in [-0.25, -0.2) is 0 Å². The number of hydrogen-bond acceptors (Lipinski definition) is 3. The van der Waals surface area contributed by atoms with Gasteiger partial charge in [-0.3, -0.25) is 4.98 Å². The lowest BCUT2D eigenvalue weighted by atomic mass is 10.2. The third kappa shape index (κ3) is 3.18. The van der Waals surface area contributed by atoms with Gasteiger partial charge in [0.05, 0.1) is 7.11 Å². The zero-order valence-electron chi connectivity index (χ0n) is 12.2. The monoisotopic (exact) mass is 289 g/mol. The summed E-state index contributed by atoms with van der Waals surface area (Å²) in [6, 6.07) is 17.4. The molecule has 0 bridgehead atoms. The number of para-hydroxylation sites is 1. The highest BCUT2D eigenvalue weighted by Crippen LogP contribution is 2.22. The number of ether oxygens (including phenoxy) is 2. The average molecular weight is 289 g/mol. The Balaban J connectivity index is 1.69. The van der Waals surface area contributed by atoms with Gasteiger partial charge in [0.25, 0.3) is 0 Å². The molecule has 1 aromatic heterocycles. The van der Waals surface area contributed by atoms with Gasteiger partial charge in [-0.15, -0.1) is 0 Å². The summed E-state index contributed by atoms with van der Waals surface area (Å²) in [6.45, 7) is 0.321. The van der Waals surface area contributed by atoms with Crippen LogP contribution in [0.1, 0.15) is 5.56 Å². The van der Waals surface area contributed by atoms with E-state index in [9.17, 15) is 0 Å². The van der Waals surface area contributed by atoms with Crippen LogP contribution in [0.2, 0.25) is 0 Å². The van der Waals surface area contributed by atoms with E-state index in [4.69, 9.17) is 9.47 Å². The van der Waals surface area contributed by atoms with Gasteiger partial charge in [-0.1, -0.05) is 30.0 Å². The minimum absolute atomic E-state index is 0.321. The van der Waals surface area contributed by atoms with Crippen LogP contribution in [0.3, 0.4) is 0 Å². The molecule has 3 aromatic rings. The summed E-state index contributed by atoms with van der Waals surface area (Å²) >= 11 is 0. The minimum atomic E-state index is 0.321. The van der Waals surface area contributed by atoms with Gasteiger partial charge < -0.3 is 9.47 Å². The molecule has 0 fully saturated rings. The van der Waals surface area contributed by atoms with Crippen LogP contribution in [-0.2, 0) is 0 Å². The Morgan fingerprint density at radius 2 is 1.82 bits per heavy atom. The maximum Gasteiger partial charge on any atom is 0.149 e. The number of nitrogens with zero attached hydrogens (tertiary/aromatic N) is 1. The second kappa shape index (κ2) is 6.64. The van der Waals surface area contributed by atoms with E-state index in [0.29, 0.717) is 6.61 Å². The van der Waals surface area contributed by atoms with Crippen LogP contribution in [0.5, 0.6) is 11.5 Å². The Kier molecular flexibility index (Phi) is 4.22. The Labute approximate surface area is 129 Å². The van der Waals surface area contributed by atoms with Gasteiger partial charge in [0.2, 0.25) is 0 Å². The Hall–Kier alpha value is -2.99. The largest absolute Gasteiger partial charge is 0.497 e. The molecule has 22 heavy (non-hydrogen) atoms. The molecule has 0 unspecified atom stereocenters. The molecule has 0 atom stereocenters. The Bertz CT molecular complexity index is 824. The van der Waals surface area contributed by atoms with Crippen LogP contribution in [-0.4, -0.2) is 18.7 Å². The molecule has 3 heteroatoms. The lowest BCUT2D eigenvalue weighted by Gasteiger charge is -2.05. The standard InChI is InChI=1S/C19H15NO2/c1-21-17-11-9-15(10-12-17)5-4-14-22-18-8-2-6-16-7-3-13-20-19(16)18/h2-3,6-13H,14H2,1H3. The lowest BCUT2D eigenvalue weighted by molar-refractivity contribution is 0.374. The molecule has 0 saturated carbocycles. The molecular weight excluding hydrogens is 274 g/mol. The molecule has 1 heterocycles. The number of benzene rings is 2. The first-order valence-electron chi connectivity index (χ1n) is 6.96. The zero-order chi connectivity index (χ0) is 15.2. The molecule has 0 radical (unpaired) electrons. The van der Waals surface area contributed by atoms with Gasteiger partial charge >= 0.3 is 0 Å². The normalized spacial score (nSPS) is 9.86. The van der Waals surface area contributed by atoms with Crippen LogP contribution < -0.4 is 9.47 Å². The molecule has 2 aromatic carbocycles. The molecule has 0 amide bonds. The molecule has 0 N–H and O–H groups in total. The molecule has 3 nitrogen and oxygen atoms in total. The van der Waals surface area contributed by atoms with Crippen LogP contribution in [0.4, 0.5) is 0 Å². The predicted octanol–water partition coefficient (Wildman–Crippen LogP) is 3.67. The highest BCUT2D eigenvalue weighted by atomic mass is 16.5. The number of rotatable bonds is 3. The van der Waals surface area contributed by atoms with Gasteiger partial charge in [0.15, 0.2) is 0 Å². The van der Waals surface area contributed by atoms with Crippen LogP contribution in [0.15, 0.2) is 60.8 Å². The van der Waals surface area contributed by atoms with Crippen molar-refractivity contribution in [1.29, 1.82) is 0 Å². The second-order valence-electron chi connectivity index (χ2n) is 4.65. The van der Waals surface area contributed by atoms with E-state index >= 15 is 0 Å². The van der Waals surface area contributed by atoms with Crippen molar-refractivity contribution in [2.24, 2.45) is 0 Å². The summed E-state index contributed by atoms with van der Waals surface area (Å²) < 4.78 is 10.8. The van der Waals surface area contributed by atoms with E-state index < -0.39 is 0 Å². The summed E-state index contributed by atoms with van der Waals surface area (Å²) in [6.07, 6.45) is 1.76. The Morgan fingerprint density at radius 1 is 1.00 bits per heavy atom. The molecule has 0 aliphatic carbocycles. The molecule has 108 valence electrons. The van der Waals surface area contributed by atoms with Gasteiger partial charge in [-0.05, 0) is 36.4 Å². The predicted molar refractivity (Wildman–Crippen MR) is 87.1 cm³/mol. The smallest absolute Gasteiger partial charge is 0.149 e. The van der Waals surface area contributed by atoms with Gasteiger partial charge in [0.1, 0.15) is 23.6 Å². The van der Waals surface area contributed by atoms with E-state index in [1.807, 2.05) is 54.6 Å². The number of pyridine rings is 1. The van der Waals surface area contributed by atoms with E-state index in [2.05, 4.69) is 16.8 Å². The second-order valence-corrected chi connectivity index (χ2v) is 4.65. The first-order valence-corrected chi connectivity index (χ1v) is 6.96. The van der Waals surface area contributed by atoms with E-state index in [1.165, 1.54) is 0 Å². The summed E-state index contributed by atoms with van der Waals surface area (Å²) in [5.41, 5.74) is 1.79. The maximum absolute atomic E-state index is 5.73. The average Bonchev–Trinajstić information content (AvgIpc) is 2.59. The van der Waals surface area contributed by atoms with Gasteiger partial charge in [0, 0.05) is 17.1 Å². The van der Waals surface area contributed by atoms with Crippen molar-refractivity contribution in [2.45, 2.75) is 0 Å². The number of hydrogen-bond donors (Lipinski definition) is 0. The first-order chi connectivity index (χ1) is 10.9. The minimum Gasteiger partial charge on any atom is -0.497 e. The molecule has 0 spiro atoms. The number of methoxy groups -OCH3 is 1. The van der Waals surface area contributed by atoms with Crippen molar-refractivity contribution in [2.75, 3.05) is 13.7 Å². The van der Waals surface area contributed by atoms with E-state index in [-0.39, 0.29) is 0 Å². The summed E-state index contributed by atoms with van der Waals surface area (Å²) in [7, 11) is 1.65. The van der Waals surface area contributed by atoms with E-state index in [1.54, 1.807) is 13.3 Å². The van der Waals surface area contributed by atoms with Crippen LogP contribution in [0.25, 0.3) is 10.9 Å². The van der Waals surface area contributed by atoms with Gasteiger partial charge in [-0.2, -0.15) is 0 Å². The van der Waals surface area contributed by atoms with E-state index in [0.717, 1.165) is 28.0 Å². The topological polar surface area (TPSA) is 31.4 Å². The fraction of sp³-hybridized carbons (Fsp3) is 0.105. The van der Waals surface area contributed by atoms with Crippen molar-refractivity contribution in [3.8, 4) is 23.3 Å². The molecular formula is C19H15NO2. The molecule has 3 rings (SSSR count). The first kappa shape index (κ1) is 14.0. The third-order valence-corrected chi connectivity index (χ3v) is 3.22. The number of aromatic nitrogens is 1. The molecule has 0 aliphatic rings. The fourth-order valence-electron chi connectivity index (χ4n) is 2.12. The van der Waals surface area contributed by atoms with Crippen molar-refractivity contribution in [3.63, 3.8) is 0 Å². The van der Waals surface area contributed by atoms with Crippen LogP contribution >= 0.6 is 0 Å². The highest BCUT2D eigenvalue weighted by molar-refractivity contribution is 5.84. The van der Waals surface area contributed by atoms with Crippen molar-refractivity contribution >= 4 is 10.9 Å². The Morgan fingerprint density at radius 3 is 2.64 bits per heavy atom. The summed E-state index contributed by atoms with van der Waals surface area (Å²) in [5, 5.41) is 1.06. The maximum atomic E-state index is 5.73. The SMILES string of the molecule is COc1ccc(C#CCOc2cccc3cccnc23)cc1. The van der Waals surface area contributed by atoms with Crippen molar-refractivity contribution in [3.05, 3.63) is 66.4 Å². The highest BCUT2D eigenvalue weighted by Gasteiger charge is 2.01. The van der Waals surface area contributed by atoms with Crippen molar-refractivity contribution in [1.82, 2.24) is 4.98 Å². The molecule has 0 saturated heterocycles. The van der Waals surface area contributed by atoms with Crippen molar-refractivity contribution < 1.29 is 9.47 Å². The zero-order valence-corrected chi connectivity index (χ0v) is 12.2. The lowest BCUT2D eigenvalue weighted by Crippen LogP contribution is -1.95. The summed E-state index contributed by atoms with van der Waals surface area (Å²) in [4.78, 5) is 4.35. The van der Waals surface area contributed by atoms with Crippen LogP contribution in [0, 0.1) is 11.8 Å². The molecule has 0 aliphatic heterocycles. The summed E-state index contributed by atoms with van der Waals surface area (Å²) in [5.74, 6) is 7.65. The third-order valence-electron chi connectivity index (χ3n) is 3.22. The quantitative estimate of drug-likeness (QED) is 0.689. The number of fused-ring (bicyclic) bond motifs is 1. The fourth-order valence-corrected chi connectivity index (χ4v) is 2.12.